The van der Waals surface area contributed by atoms with E-state index in [4.69, 9.17) is 4.98 Å². The van der Waals surface area contributed by atoms with Crippen LogP contribution in [0.4, 0.5) is 5.82 Å². The normalized spacial score (nSPS) is 25.5. The second-order valence-corrected chi connectivity index (χ2v) is 9.89. The number of pyridine rings is 1. The van der Waals surface area contributed by atoms with Crippen LogP contribution in [0.25, 0.3) is 6.08 Å². The highest BCUT2D eigenvalue weighted by molar-refractivity contribution is 5.95. The number of carbonyl (C=O) groups is 1. The predicted octanol–water partition coefficient (Wildman–Crippen LogP) is 4.69. The number of allylic oxidation sites excluding steroid dienone is 1. The summed E-state index contributed by atoms with van der Waals surface area (Å²) in [6, 6.07) is 2.46. The second-order valence-electron chi connectivity index (χ2n) is 9.89. The van der Waals surface area contributed by atoms with Crippen LogP contribution >= 0.6 is 0 Å². The molecule has 3 aliphatic heterocycles. The average Bonchev–Trinajstić information content (AvgIpc) is 3.54. The van der Waals surface area contributed by atoms with Gasteiger partial charge in [0.15, 0.2) is 0 Å². The second kappa shape index (κ2) is 7.85. The molecular weight excluding hydrogens is 384 g/mol. The fourth-order valence-corrected chi connectivity index (χ4v) is 5.45. The molecule has 31 heavy (non-hydrogen) atoms. The fourth-order valence-electron chi connectivity index (χ4n) is 5.45. The molecule has 2 atom stereocenters. The first-order chi connectivity index (χ1) is 15.0. The van der Waals surface area contributed by atoms with E-state index >= 15 is 0 Å². The van der Waals surface area contributed by atoms with Gasteiger partial charge in [0.25, 0.3) is 5.91 Å². The molecule has 1 spiro atoms. The molecule has 1 aliphatic carbocycles. The lowest BCUT2D eigenvalue weighted by atomic mass is 9.88. The summed E-state index contributed by atoms with van der Waals surface area (Å²) in [6.45, 7) is 12.3. The molecule has 0 aromatic carbocycles. The van der Waals surface area contributed by atoms with Crippen molar-refractivity contribution in [3.63, 3.8) is 0 Å². The van der Waals surface area contributed by atoms with Crippen LogP contribution in [0.1, 0.15) is 61.9 Å². The molecule has 1 aromatic heterocycles. The number of hydrogen-bond acceptors (Lipinski definition) is 4. The standard InChI is InChI=1S/C26H34N4O/c1-4-11-30(22-7-13-28-17-19(3)23(28)15-22)24-20(5-2)14-21(16-27-24)25(31)29-12-6-8-26(18-29)9-10-26/h5,7,13-16,19,23H,2,4,6,8-12,17-18H2,1,3H3. The Balaban J connectivity index is 1.41. The van der Waals surface area contributed by atoms with Crippen LogP contribution in [0.2, 0.25) is 0 Å². The highest BCUT2D eigenvalue weighted by Crippen LogP contribution is 2.52. The van der Waals surface area contributed by atoms with E-state index in [1.165, 1.54) is 25.0 Å². The lowest BCUT2D eigenvalue weighted by Crippen LogP contribution is -2.52. The summed E-state index contributed by atoms with van der Waals surface area (Å²) in [7, 11) is 0. The Morgan fingerprint density at radius 1 is 1.39 bits per heavy atom. The number of nitrogens with zero attached hydrogens (tertiary/aromatic N) is 4. The molecule has 1 aromatic rings. The number of aromatic nitrogens is 1. The number of carbonyl (C=O) groups excluding carboxylic acids is 1. The molecule has 1 saturated carbocycles. The molecule has 2 saturated heterocycles. The number of amides is 1. The van der Waals surface area contributed by atoms with Gasteiger partial charge in [-0.3, -0.25) is 4.79 Å². The quantitative estimate of drug-likeness (QED) is 0.672. The zero-order valence-electron chi connectivity index (χ0n) is 18.9. The summed E-state index contributed by atoms with van der Waals surface area (Å²) >= 11 is 0. The van der Waals surface area contributed by atoms with Crippen molar-refractivity contribution >= 4 is 17.8 Å². The molecule has 1 amide bonds. The van der Waals surface area contributed by atoms with E-state index < -0.39 is 0 Å². The van der Waals surface area contributed by atoms with Gasteiger partial charge in [-0.2, -0.15) is 0 Å². The minimum Gasteiger partial charge on any atom is -0.370 e. The summed E-state index contributed by atoms with van der Waals surface area (Å²) in [6.07, 6.45) is 16.3. The van der Waals surface area contributed by atoms with Crippen molar-refractivity contribution in [2.24, 2.45) is 11.3 Å². The zero-order valence-corrected chi connectivity index (χ0v) is 18.9. The highest BCUT2D eigenvalue weighted by atomic mass is 16.2. The van der Waals surface area contributed by atoms with Gasteiger partial charge in [0.2, 0.25) is 0 Å². The Labute approximate surface area is 186 Å². The van der Waals surface area contributed by atoms with Crippen molar-refractivity contribution in [2.75, 3.05) is 31.1 Å². The third kappa shape index (κ3) is 3.68. The van der Waals surface area contributed by atoms with E-state index in [9.17, 15) is 4.79 Å². The largest absolute Gasteiger partial charge is 0.370 e. The first-order valence-corrected chi connectivity index (χ1v) is 11.9. The number of fused-ring (bicyclic) bond motifs is 1. The van der Waals surface area contributed by atoms with Gasteiger partial charge in [-0.15, -0.1) is 0 Å². The van der Waals surface area contributed by atoms with Crippen molar-refractivity contribution in [2.45, 2.75) is 52.0 Å². The molecule has 5 heteroatoms. The van der Waals surface area contributed by atoms with Gasteiger partial charge in [0.1, 0.15) is 5.82 Å². The molecule has 0 N–H and O–H groups in total. The Bertz CT molecular complexity index is 945. The van der Waals surface area contributed by atoms with Gasteiger partial charge in [0, 0.05) is 49.8 Å². The summed E-state index contributed by atoms with van der Waals surface area (Å²) in [5.74, 6) is 1.68. The van der Waals surface area contributed by atoms with Crippen LogP contribution < -0.4 is 4.90 Å². The molecule has 4 heterocycles. The number of hydrogen-bond donors (Lipinski definition) is 0. The predicted molar refractivity (Wildman–Crippen MR) is 126 cm³/mol. The van der Waals surface area contributed by atoms with Crippen LogP contribution in [0.15, 0.2) is 42.9 Å². The first-order valence-electron chi connectivity index (χ1n) is 11.9. The van der Waals surface area contributed by atoms with Gasteiger partial charge >= 0.3 is 0 Å². The molecule has 164 valence electrons. The lowest BCUT2D eigenvalue weighted by molar-refractivity contribution is 0.0654. The van der Waals surface area contributed by atoms with Crippen LogP contribution in [-0.4, -0.2) is 52.9 Å². The van der Waals surface area contributed by atoms with E-state index in [-0.39, 0.29) is 5.91 Å². The summed E-state index contributed by atoms with van der Waals surface area (Å²) in [5, 5.41) is 0. The van der Waals surface area contributed by atoms with Crippen LogP contribution in [0.5, 0.6) is 0 Å². The van der Waals surface area contributed by atoms with Crippen molar-refractivity contribution in [1.82, 2.24) is 14.8 Å². The maximum atomic E-state index is 13.2. The maximum Gasteiger partial charge on any atom is 0.255 e. The maximum absolute atomic E-state index is 13.2. The number of likely N-dealkylation sites (tertiary alicyclic amines) is 1. The van der Waals surface area contributed by atoms with Crippen molar-refractivity contribution in [3.8, 4) is 0 Å². The Kier molecular flexibility index (Phi) is 5.15. The summed E-state index contributed by atoms with van der Waals surface area (Å²) in [5.41, 5.74) is 3.22. The number of rotatable bonds is 6. The topological polar surface area (TPSA) is 39.7 Å². The Morgan fingerprint density at radius 2 is 2.23 bits per heavy atom. The van der Waals surface area contributed by atoms with E-state index in [1.54, 1.807) is 6.20 Å². The highest BCUT2D eigenvalue weighted by Gasteiger charge is 2.46. The summed E-state index contributed by atoms with van der Waals surface area (Å²) < 4.78 is 0. The first kappa shape index (κ1) is 20.3. The molecule has 2 unspecified atom stereocenters. The smallest absolute Gasteiger partial charge is 0.255 e. The van der Waals surface area contributed by atoms with Crippen molar-refractivity contribution in [1.29, 1.82) is 0 Å². The Morgan fingerprint density at radius 3 is 2.94 bits per heavy atom. The third-order valence-corrected chi connectivity index (χ3v) is 7.53. The number of piperidine rings is 1. The monoisotopic (exact) mass is 418 g/mol. The van der Waals surface area contributed by atoms with E-state index in [0.717, 1.165) is 50.4 Å². The van der Waals surface area contributed by atoms with Gasteiger partial charge in [-0.1, -0.05) is 26.5 Å². The average molecular weight is 419 g/mol. The van der Waals surface area contributed by atoms with Crippen LogP contribution in [0.3, 0.4) is 0 Å². The number of anilines is 1. The molecule has 0 radical (unpaired) electrons. The Hall–Kier alpha value is -2.56. The minimum atomic E-state index is 0.117. The SMILES string of the molecule is C=Cc1cc(C(=O)N2CCCC3(CC3)C2)cnc1N(CCC)C1=CC2C(C)CN2C=C1. The summed E-state index contributed by atoms with van der Waals surface area (Å²) in [4.78, 5) is 24.7. The van der Waals surface area contributed by atoms with Gasteiger partial charge < -0.3 is 14.7 Å². The lowest BCUT2D eigenvalue weighted by Gasteiger charge is -2.47. The molecule has 4 aliphatic rings. The van der Waals surface area contributed by atoms with Crippen molar-refractivity contribution < 1.29 is 4.79 Å². The van der Waals surface area contributed by atoms with Gasteiger partial charge in [0.05, 0.1) is 11.6 Å². The minimum absolute atomic E-state index is 0.117. The van der Waals surface area contributed by atoms with Crippen LogP contribution in [0, 0.1) is 11.3 Å². The van der Waals surface area contributed by atoms with Gasteiger partial charge in [-0.25, -0.2) is 4.98 Å². The van der Waals surface area contributed by atoms with Crippen molar-refractivity contribution in [3.05, 3.63) is 54.0 Å². The molecule has 5 nitrogen and oxygen atoms in total. The fraction of sp³-hybridized carbons (Fsp3) is 0.538. The molecule has 3 fully saturated rings. The molecular formula is C26H34N4O. The van der Waals surface area contributed by atoms with E-state index in [1.807, 2.05) is 17.0 Å². The van der Waals surface area contributed by atoms with E-state index in [2.05, 4.69) is 48.6 Å². The molecule has 5 rings (SSSR count). The van der Waals surface area contributed by atoms with Gasteiger partial charge in [-0.05, 0) is 61.7 Å². The molecule has 0 bridgehead atoms. The van der Waals surface area contributed by atoms with Crippen LogP contribution in [-0.2, 0) is 0 Å². The van der Waals surface area contributed by atoms with E-state index in [0.29, 0.717) is 22.9 Å². The third-order valence-electron chi connectivity index (χ3n) is 7.53. The zero-order chi connectivity index (χ0) is 21.6.